The van der Waals surface area contributed by atoms with Gasteiger partial charge in [-0.1, -0.05) is 15.9 Å². The number of hydrogen-bond acceptors (Lipinski definition) is 4. The molecule has 27 heavy (non-hydrogen) atoms. The van der Waals surface area contributed by atoms with Crippen LogP contribution in [0.25, 0.3) is 0 Å². The lowest BCUT2D eigenvalue weighted by atomic mass is 10.1. The Morgan fingerprint density at radius 3 is 2.63 bits per heavy atom. The Morgan fingerprint density at radius 1 is 1.26 bits per heavy atom. The fourth-order valence-electron chi connectivity index (χ4n) is 2.83. The first-order valence-electron chi connectivity index (χ1n) is 8.68. The van der Waals surface area contributed by atoms with E-state index in [0.29, 0.717) is 13.2 Å². The number of rotatable bonds is 6. The second-order valence-electron chi connectivity index (χ2n) is 6.12. The maximum Gasteiger partial charge on any atom is 0.245 e. The zero-order valence-corrected chi connectivity index (χ0v) is 16.5. The summed E-state index contributed by atoms with van der Waals surface area (Å²) in [5, 5.41) is 3.99. The minimum Gasteiger partial charge on any atom is -0.494 e. The van der Waals surface area contributed by atoms with E-state index in [4.69, 9.17) is 4.74 Å². The van der Waals surface area contributed by atoms with E-state index in [1.54, 1.807) is 11.1 Å². The number of amides is 2. The van der Waals surface area contributed by atoms with E-state index in [-0.39, 0.29) is 18.2 Å². The van der Waals surface area contributed by atoms with Gasteiger partial charge in [0.1, 0.15) is 5.75 Å². The van der Waals surface area contributed by atoms with Gasteiger partial charge in [0.05, 0.1) is 18.7 Å². The highest BCUT2D eigenvalue weighted by Gasteiger charge is 2.35. The molecule has 1 N–H and O–H groups in total. The highest BCUT2D eigenvalue weighted by Crippen LogP contribution is 2.26. The number of carbonyl (C=O) groups excluding carboxylic acids is 2. The summed E-state index contributed by atoms with van der Waals surface area (Å²) in [5.41, 5.74) is 4.16. The van der Waals surface area contributed by atoms with E-state index in [2.05, 4.69) is 26.5 Å². The van der Waals surface area contributed by atoms with Crippen LogP contribution in [0.15, 0.2) is 58.1 Å². The Kier molecular flexibility index (Phi) is 6.24. The van der Waals surface area contributed by atoms with Gasteiger partial charge in [-0.3, -0.25) is 9.59 Å². The standard InChI is InChI=1S/C20H20BrN3O3/c1-2-27-18-9-3-14(4-10-18)12-22-23-20(26)15-11-19(25)24(13-15)17-7-5-16(21)6-8-17/h3-10,12,15H,2,11,13H2,1H3,(H,23,26)/b22-12-/t15-/m1/s1. The summed E-state index contributed by atoms with van der Waals surface area (Å²) in [6.07, 6.45) is 1.75. The van der Waals surface area contributed by atoms with Gasteiger partial charge in [0.15, 0.2) is 0 Å². The highest BCUT2D eigenvalue weighted by molar-refractivity contribution is 9.10. The number of carbonyl (C=O) groups is 2. The SMILES string of the molecule is CCOc1ccc(/C=N\NC(=O)[C@@H]2CC(=O)N(c3ccc(Br)cc3)C2)cc1. The van der Waals surface area contributed by atoms with Gasteiger partial charge in [-0.25, -0.2) is 5.43 Å². The molecule has 0 saturated carbocycles. The number of nitrogens with one attached hydrogen (secondary N) is 1. The first kappa shape index (κ1) is 19.1. The Balaban J connectivity index is 1.55. The molecule has 1 saturated heterocycles. The zero-order valence-electron chi connectivity index (χ0n) is 14.9. The van der Waals surface area contributed by atoms with Crippen molar-refractivity contribution >= 4 is 39.6 Å². The van der Waals surface area contributed by atoms with Crippen LogP contribution in [0, 0.1) is 5.92 Å². The van der Waals surface area contributed by atoms with Crippen molar-refractivity contribution < 1.29 is 14.3 Å². The Bertz CT molecular complexity index is 835. The molecule has 2 amide bonds. The molecule has 1 aliphatic rings. The Labute approximate surface area is 166 Å². The maximum atomic E-state index is 12.3. The van der Waals surface area contributed by atoms with Gasteiger partial charge in [-0.2, -0.15) is 5.10 Å². The molecule has 0 radical (unpaired) electrons. The van der Waals surface area contributed by atoms with E-state index in [9.17, 15) is 9.59 Å². The van der Waals surface area contributed by atoms with Crippen LogP contribution in [0.1, 0.15) is 18.9 Å². The van der Waals surface area contributed by atoms with E-state index in [0.717, 1.165) is 21.5 Å². The lowest BCUT2D eigenvalue weighted by Crippen LogP contribution is -2.30. The van der Waals surface area contributed by atoms with Crippen LogP contribution in [0.3, 0.4) is 0 Å². The lowest BCUT2D eigenvalue weighted by molar-refractivity contribution is -0.126. The molecule has 6 nitrogen and oxygen atoms in total. The topological polar surface area (TPSA) is 71.0 Å². The molecule has 140 valence electrons. The van der Waals surface area contributed by atoms with Crippen LogP contribution in [0.4, 0.5) is 5.69 Å². The molecule has 2 aromatic rings. The molecule has 0 spiro atoms. The number of hydrogen-bond donors (Lipinski definition) is 1. The van der Waals surface area contributed by atoms with Crippen molar-refractivity contribution in [3.8, 4) is 5.75 Å². The average molecular weight is 430 g/mol. The second kappa shape index (κ2) is 8.81. The van der Waals surface area contributed by atoms with Crippen LogP contribution >= 0.6 is 15.9 Å². The number of halogens is 1. The highest BCUT2D eigenvalue weighted by atomic mass is 79.9. The van der Waals surface area contributed by atoms with Crippen molar-refractivity contribution in [2.24, 2.45) is 11.0 Å². The van der Waals surface area contributed by atoms with E-state index in [1.807, 2.05) is 55.5 Å². The third kappa shape index (κ3) is 4.95. The summed E-state index contributed by atoms with van der Waals surface area (Å²) in [4.78, 5) is 26.2. The third-order valence-electron chi connectivity index (χ3n) is 4.21. The van der Waals surface area contributed by atoms with Crippen molar-refractivity contribution in [3.63, 3.8) is 0 Å². The molecule has 1 atom stereocenters. The quantitative estimate of drug-likeness (QED) is 0.565. The normalized spacial score (nSPS) is 16.7. The van der Waals surface area contributed by atoms with Crippen molar-refractivity contribution in [1.82, 2.24) is 5.43 Å². The molecular formula is C20H20BrN3O3. The maximum absolute atomic E-state index is 12.3. The van der Waals surface area contributed by atoms with Crippen molar-refractivity contribution in [3.05, 3.63) is 58.6 Å². The van der Waals surface area contributed by atoms with Gasteiger partial charge in [-0.15, -0.1) is 0 Å². The molecule has 0 aliphatic carbocycles. The monoisotopic (exact) mass is 429 g/mol. The van der Waals surface area contributed by atoms with Crippen LogP contribution in [-0.4, -0.2) is 31.2 Å². The Hall–Kier alpha value is -2.67. The number of hydrazone groups is 1. The summed E-state index contributed by atoms with van der Waals surface area (Å²) in [5.74, 6) is 0.0490. The summed E-state index contributed by atoms with van der Waals surface area (Å²) in [6.45, 7) is 2.89. The number of benzene rings is 2. The van der Waals surface area contributed by atoms with E-state index in [1.165, 1.54) is 0 Å². The van der Waals surface area contributed by atoms with Crippen LogP contribution in [0.2, 0.25) is 0 Å². The second-order valence-corrected chi connectivity index (χ2v) is 7.03. The molecule has 3 rings (SSSR count). The lowest BCUT2D eigenvalue weighted by Gasteiger charge is -2.16. The summed E-state index contributed by atoms with van der Waals surface area (Å²) < 4.78 is 6.32. The summed E-state index contributed by atoms with van der Waals surface area (Å²) in [6, 6.07) is 14.9. The molecule has 0 aromatic heterocycles. The van der Waals surface area contributed by atoms with Crippen LogP contribution in [-0.2, 0) is 9.59 Å². The molecule has 7 heteroatoms. The molecule has 1 aliphatic heterocycles. The van der Waals surface area contributed by atoms with Crippen LogP contribution < -0.4 is 15.1 Å². The fraction of sp³-hybridized carbons (Fsp3) is 0.250. The first-order chi connectivity index (χ1) is 13.1. The molecular weight excluding hydrogens is 410 g/mol. The predicted molar refractivity (Wildman–Crippen MR) is 108 cm³/mol. The molecule has 0 unspecified atom stereocenters. The molecule has 1 heterocycles. The van der Waals surface area contributed by atoms with Gasteiger partial charge in [0.25, 0.3) is 0 Å². The Morgan fingerprint density at radius 2 is 1.96 bits per heavy atom. The van der Waals surface area contributed by atoms with Crippen molar-refractivity contribution in [2.45, 2.75) is 13.3 Å². The van der Waals surface area contributed by atoms with Crippen molar-refractivity contribution in [2.75, 3.05) is 18.1 Å². The van der Waals surface area contributed by atoms with E-state index < -0.39 is 5.92 Å². The largest absolute Gasteiger partial charge is 0.494 e. The molecule has 0 bridgehead atoms. The van der Waals surface area contributed by atoms with E-state index >= 15 is 0 Å². The zero-order chi connectivity index (χ0) is 19.2. The molecule has 2 aromatic carbocycles. The van der Waals surface area contributed by atoms with Crippen LogP contribution in [0.5, 0.6) is 5.75 Å². The molecule has 1 fully saturated rings. The summed E-state index contributed by atoms with van der Waals surface area (Å²) in [7, 11) is 0. The third-order valence-corrected chi connectivity index (χ3v) is 4.74. The average Bonchev–Trinajstić information content (AvgIpc) is 3.06. The minimum atomic E-state index is -0.418. The number of anilines is 1. The van der Waals surface area contributed by atoms with Gasteiger partial charge < -0.3 is 9.64 Å². The fourth-order valence-corrected chi connectivity index (χ4v) is 3.10. The number of nitrogens with zero attached hydrogens (tertiary/aromatic N) is 2. The number of ether oxygens (including phenoxy) is 1. The van der Waals surface area contributed by atoms with Crippen molar-refractivity contribution in [1.29, 1.82) is 0 Å². The smallest absolute Gasteiger partial charge is 0.245 e. The van der Waals surface area contributed by atoms with Gasteiger partial charge in [-0.05, 0) is 61.0 Å². The van der Waals surface area contributed by atoms with Gasteiger partial charge >= 0.3 is 0 Å². The van der Waals surface area contributed by atoms with Gasteiger partial charge in [0.2, 0.25) is 11.8 Å². The predicted octanol–water partition coefficient (Wildman–Crippen LogP) is 3.35. The van der Waals surface area contributed by atoms with Gasteiger partial charge in [0, 0.05) is 23.1 Å². The summed E-state index contributed by atoms with van der Waals surface area (Å²) >= 11 is 3.37. The first-order valence-corrected chi connectivity index (χ1v) is 9.48. The minimum absolute atomic E-state index is 0.0621.